The van der Waals surface area contributed by atoms with Gasteiger partial charge in [-0.3, -0.25) is 14.9 Å². The van der Waals surface area contributed by atoms with Crippen molar-refractivity contribution in [2.75, 3.05) is 5.32 Å². The van der Waals surface area contributed by atoms with E-state index < -0.39 is 10.8 Å². The predicted molar refractivity (Wildman–Crippen MR) is 135 cm³/mol. The molecule has 0 unspecified atom stereocenters. The summed E-state index contributed by atoms with van der Waals surface area (Å²) in [6, 6.07) is 26.4. The molecule has 4 aromatic rings. The number of nitriles is 1. The van der Waals surface area contributed by atoms with E-state index in [4.69, 9.17) is 16.3 Å². The lowest BCUT2D eigenvalue weighted by atomic mass is 10.0. The Morgan fingerprint density at radius 1 is 1.06 bits per heavy atom. The number of fused-ring (bicyclic) bond motifs is 1. The second-order valence-corrected chi connectivity index (χ2v) is 7.93. The number of anilines is 1. The monoisotopic (exact) mass is 483 g/mol. The summed E-state index contributed by atoms with van der Waals surface area (Å²) in [5.41, 5.74) is 1.11. The molecule has 0 radical (unpaired) electrons. The van der Waals surface area contributed by atoms with Crippen molar-refractivity contribution in [3.8, 4) is 11.8 Å². The van der Waals surface area contributed by atoms with Crippen molar-refractivity contribution >= 4 is 45.7 Å². The van der Waals surface area contributed by atoms with Gasteiger partial charge in [-0.15, -0.1) is 0 Å². The van der Waals surface area contributed by atoms with Gasteiger partial charge in [0.1, 0.15) is 24.0 Å². The first-order valence-corrected chi connectivity index (χ1v) is 10.9. The Morgan fingerprint density at radius 2 is 1.80 bits per heavy atom. The van der Waals surface area contributed by atoms with Crippen molar-refractivity contribution in [1.82, 2.24) is 0 Å². The Kier molecular flexibility index (Phi) is 7.05. The molecule has 0 aliphatic carbocycles. The number of nitro groups is 1. The number of ether oxygens (including phenoxy) is 1. The van der Waals surface area contributed by atoms with Gasteiger partial charge in [-0.1, -0.05) is 72.3 Å². The molecule has 0 saturated heterocycles. The lowest BCUT2D eigenvalue weighted by molar-refractivity contribution is -0.384. The molecule has 35 heavy (non-hydrogen) atoms. The number of carbonyl (C=O) groups excluding carboxylic acids is 1. The molecule has 8 heteroatoms. The van der Waals surface area contributed by atoms with Crippen LogP contribution >= 0.6 is 11.6 Å². The van der Waals surface area contributed by atoms with E-state index in [1.165, 1.54) is 18.2 Å². The zero-order chi connectivity index (χ0) is 24.8. The van der Waals surface area contributed by atoms with Crippen LogP contribution in [-0.4, -0.2) is 10.8 Å². The second kappa shape index (κ2) is 10.5. The van der Waals surface area contributed by atoms with E-state index in [9.17, 15) is 20.2 Å². The summed E-state index contributed by atoms with van der Waals surface area (Å²) in [5.74, 6) is -0.252. The second-order valence-electron chi connectivity index (χ2n) is 7.52. The Labute approximate surface area is 206 Å². The molecule has 0 saturated carbocycles. The first-order chi connectivity index (χ1) is 17.0. The fraction of sp³-hybridized carbons (Fsp3) is 0.0370. The summed E-state index contributed by atoms with van der Waals surface area (Å²) in [6.07, 6.45) is 1.45. The van der Waals surface area contributed by atoms with Crippen LogP contribution < -0.4 is 10.1 Å². The molecule has 0 fully saturated rings. The third-order valence-electron chi connectivity index (χ3n) is 5.23. The highest BCUT2D eigenvalue weighted by Gasteiger charge is 2.17. The van der Waals surface area contributed by atoms with Gasteiger partial charge in [0.2, 0.25) is 0 Å². The van der Waals surface area contributed by atoms with Gasteiger partial charge in [-0.2, -0.15) is 5.26 Å². The van der Waals surface area contributed by atoms with Crippen LogP contribution in [0.5, 0.6) is 5.75 Å². The number of nitro benzene ring substituents is 1. The molecule has 0 aliphatic rings. The van der Waals surface area contributed by atoms with Crippen molar-refractivity contribution in [3.63, 3.8) is 0 Å². The first-order valence-electron chi connectivity index (χ1n) is 10.5. The van der Waals surface area contributed by atoms with Gasteiger partial charge in [0.05, 0.1) is 15.6 Å². The number of benzene rings is 4. The van der Waals surface area contributed by atoms with Crippen LogP contribution in [-0.2, 0) is 11.4 Å². The standard InChI is InChI=1S/C27H18ClN3O4/c28-24-12-11-21(31(33)34)15-25(24)30-27(32)20(16-29)14-23-22-9-5-4-8-19(22)10-13-26(23)35-17-18-6-2-1-3-7-18/h1-15H,17H2,(H,30,32)/b20-14+. The van der Waals surface area contributed by atoms with E-state index in [1.54, 1.807) is 6.07 Å². The number of nitrogens with zero attached hydrogens (tertiary/aromatic N) is 2. The molecule has 172 valence electrons. The minimum Gasteiger partial charge on any atom is -0.488 e. The summed E-state index contributed by atoms with van der Waals surface area (Å²) in [6.45, 7) is 0.303. The van der Waals surface area contributed by atoms with Crippen LogP contribution in [0.25, 0.3) is 16.8 Å². The summed E-state index contributed by atoms with van der Waals surface area (Å²) in [7, 11) is 0. The molecule has 0 bridgehead atoms. The zero-order valence-electron chi connectivity index (χ0n) is 18.3. The molecule has 1 N–H and O–H groups in total. The fourth-order valence-electron chi connectivity index (χ4n) is 3.49. The number of halogens is 1. The molecule has 0 heterocycles. The average molecular weight is 484 g/mol. The van der Waals surface area contributed by atoms with Gasteiger partial charge >= 0.3 is 0 Å². The number of nitrogens with one attached hydrogen (secondary N) is 1. The Bertz CT molecular complexity index is 1490. The van der Waals surface area contributed by atoms with E-state index in [2.05, 4.69) is 5.32 Å². The van der Waals surface area contributed by atoms with Gasteiger partial charge in [-0.05, 0) is 34.5 Å². The molecule has 1 amide bonds. The Balaban J connectivity index is 1.71. The van der Waals surface area contributed by atoms with E-state index in [0.29, 0.717) is 17.9 Å². The Hall–Kier alpha value is -4.67. The lowest BCUT2D eigenvalue weighted by Gasteiger charge is -2.13. The van der Waals surface area contributed by atoms with E-state index in [1.807, 2.05) is 66.7 Å². The first kappa shape index (κ1) is 23.5. The van der Waals surface area contributed by atoms with Crippen LogP contribution in [0.15, 0.2) is 90.5 Å². The number of amides is 1. The van der Waals surface area contributed by atoms with Crippen molar-refractivity contribution in [2.45, 2.75) is 6.61 Å². The summed E-state index contributed by atoms with van der Waals surface area (Å²) < 4.78 is 6.05. The Morgan fingerprint density at radius 3 is 2.54 bits per heavy atom. The highest BCUT2D eigenvalue weighted by molar-refractivity contribution is 6.34. The van der Waals surface area contributed by atoms with Gasteiger partial charge in [0.15, 0.2) is 0 Å². The normalized spacial score (nSPS) is 11.0. The minimum atomic E-state index is -0.753. The van der Waals surface area contributed by atoms with E-state index >= 15 is 0 Å². The number of hydrogen-bond donors (Lipinski definition) is 1. The maximum absolute atomic E-state index is 12.9. The van der Waals surface area contributed by atoms with Crippen LogP contribution in [0.4, 0.5) is 11.4 Å². The van der Waals surface area contributed by atoms with E-state index in [-0.39, 0.29) is 22.0 Å². The van der Waals surface area contributed by atoms with Crippen molar-refractivity contribution < 1.29 is 14.5 Å². The maximum Gasteiger partial charge on any atom is 0.271 e. The minimum absolute atomic E-state index is 0.0329. The number of hydrogen-bond acceptors (Lipinski definition) is 5. The zero-order valence-corrected chi connectivity index (χ0v) is 19.0. The molecule has 4 rings (SSSR count). The number of non-ortho nitro benzene ring substituents is 1. The lowest BCUT2D eigenvalue weighted by Crippen LogP contribution is -2.14. The molecular formula is C27H18ClN3O4. The molecular weight excluding hydrogens is 466 g/mol. The van der Waals surface area contributed by atoms with Crippen molar-refractivity contribution in [1.29, 1.82) is 5.26 Å². The van der Waals surface area contributed by atoms with Crippen molar-refractivity contribution in [3.05, 3.63) is 117 Å². The van der Waals surface area contributed by atoms with Crippen LogP contribution in [0.1, 0.15) is 11.1 Å². The van der Waals surface area contributed by atoms with Crippen LogP contribution in [0.3, 0.4) is 0 Å². The smallest absolute Gasteiger partial charge is 0.271 e. The number of carbonyl (C=O) groups is 1. The topological polar surface area (TPSA) is 105 Å². The SMILES string of the molecule is N#C/C(=C\c1c(OCc2ccccc2)ccc2ccccc12)C(=O)Nc1cc([N+](=O)[O-])ccc1Cl. The molecule has 7 nitrogen and oxygen atoms in total. The van der Waals surface area contributed by atoms with Crippen LogP contribution in [0, 0.1) is 21.4 Å². The van der Waals surface area contributed by atoms with Gasteiger partial charge in [0, 0.05) is 17.7 Å². The summed E-state index contributed by atoms with van der Waals surface area (Å²) in [5, 5.41) is 25.1. The maximum atomic E-state index is 12.9. The number of rotatable bonds is 7. The molecule has 0 aliphatic heterocycles. The van der Waals surface area contributed by atoms with Gasteiger partial charge in [0.25, 0.3) is 11.6 Å². The average Bonchev–Trinajstić information content (AvgIpc) is 2.88. The van der Waals surface area contributed by atoms with Crippen LogP contribution in [0.2, 0.25) is 5.02 Å². The largest absolute Gasteiger partial charge is 0.488 e. The van der Waals surface area contributed by atoms with Gasteiger partial charge in [-0.25, -0.2) is 0 Å². The summed E-state index contributed by atoms with van der Waals surface area (Å²) >= 11 is 6.10. The fourth-order valence-corrected chi connectivity index (χ4v) is 3.66. The highest BCUT2D eigenvalue weighted by Crippen LogP contribution is 2.32. The van der Waals surface area contributed by atoms with E-state index in [0.717, 1.165) is 22.4 Å². The van der Waals surface area contributed by atoms with Crippen molar-refractivity contribution in [2.24, 2.45) is 0 Å². The summed E-state index contributed by atoms with van der Waals surface area (Å²) in [4.78, 5) is 23.4. The highest BCUT2D eigenvalue weighted by atomic mass is 35.5. The molecule has 0 atom stereocenters. The molecule has 0 aromatic heterocycles. The predicted octanol–water partition coefficient (Wildman–Crippen LogP) is 6.53. The molecule has 0 spiro atoms. The van der Waals surface area contributed by atoms with Gasteiger partial charge < -0.3 is 10.1 Å². The third-order valence-corrected chi connectivity index (χ3v) is 5.56. The third kappa shape index (κ3) is 5.46. The quantitative estimate of drug-likeness (QED) is 0.139. The molecule has 4 aromatic carbocycles.